The maximum atomic E-state index is 15.4. The molecule has 0 spiro atoms. The average Bonchev–Trinajstić information content (AvgIpc) is 3.65. The number of aromatic nitrogens is 3. The molecule has 3 saturated heterocycles. The Morgan fingerprint density at radius 2 is 1.65 bits per heavy atom. The van der Waals surface area contributed by atoms with Crippen molar-refractivity contribution in [3.63, 3.8) is 0 Å². The summed E-state index contributed by atoms with van der Waals surface area (Å²) in [5, 5.41) is 13.5. The van der Waals surface area contributed by atoms with E-state index in [1.54, 1.807) is 0 Å². The molecule has 7 rings (SSSR count). The van der Waals surface area contributed by atoms with Gasteiger partial charge >= 0.3 is 6.01 Å². The number of benzene rings is 2. The predicted molar refractivity (Wildman–Crippen MR) is 195 cm³/mol. The molecule has 3 fully saturated rings. The van der Waals surface area contributed by atoms with Gasteiger partial charge in [-0.3, -0.25) is 4.90 Å². The third-order valence-corrected chi connectivity index (χ3v) is 16.3. The Morgan fingerprint density at radius 1 is 0.980 bits per heavy atom. The molecule has 2 aromatic carbocycles. The molecule has 8 nitrogen and oxygen atoms in total. The van der Waals surface area contributed by atoms with Gasteiger partial charge in [0.15, 0.2) is 11.0 Å². The molecule has 3 aliphatic heterocycles. The minimum atomic E-state index is -2.68. The molecule has 0 saturated carbocycles. The van der Waals surface area contributed by atoms with Crippen LogP contribution in [0.4, 0.5) is 10.2 Å². The third kappa shape index (κ3) is 6.35. The zero-order valence-electron chi connectivity index (χ0n) is 29.0. The van der Waals surface area contributed by atoms with Gasteiger partial charge in [0, 0.05) is 25.3 Å². The Bertz CT molecular complexity index is 1750. The second-order valence-electron chi connectivity index (χ2n) is 15.5. The number of rotatable bonds is 9. The summed E-state index contributed by atoms with van der Waals surface area (Å²) in [5.41, 5.74) is -0.983. The molecule has 3 atom stereocenters. The molecule has 0 aliphatic carbocycles. The van der Waals surface area contributed by atoms with E-state index in [1.807, 2.05) is 11.8 Å². The summed E-state index contributed by atoms with van der Waals surface area (Å²) < 4.78 is 29.2. The van der Waals surface area contributed by atoms with Gasteiger partial charge in [-0.25, -0.2) is 9.37 Å². The lowest BCUT2D eigenvalue weighted by Crippen LogP contribution is -2.67. The SMILES string of the molecule is CC(C)(C)[Si](OC[C@@H]1CC[C@@]2(COc3nc(N4CCC[C@@](C)(O)C4)c4cnc(Cl)c(F)c4n3)CCCN12)(c1ccccc1)c1ccccc1. The molecule has 2 aromatic heterocycles. The van der Waals surface area contributed by atoms with Crippen molar-refractivity contribution in [2.45, 2.75) is 88.4 Å². The third-order valence-electron chi connectivity index (χ3n) is 11.0. The molecule has 260 valence electrons. The summed E-state index contributed by atoms with van der Waals surface area (Å²) in [5.74, 6) is -0.190. The van der Waals surface area contributed by atoms with Crippen LogP contribution < -0.4 is 20.0 Å². The topological polar surface area (TPSA) is 83.8 Å². The van der Waals surface area contributed by atoms with Crippen molar-refractivity contribution in [3.05, 3.63) is 77.8 Å². The maximum Gasteiger partial charge on any atom is 0.319 e. The lowest BCUT2D eigenvalue weighted by atomic mass is 9.95. The number of nitrogens with zero attached hydrogens (tertiary/aromatic N) is 5. The molecule has 0 bridgehead atoms. The average molecular weight is 704 g/mol. The molecule has 1 N–H and O–H groups in total. The Morgan fingerprint density at radius 3 is 2.31 bits per heavy atom. The fourth-order valence-corrected chi connectivity index (χ4v) is 13.4. The molecule has 5 heterocycles. The Labute approximate surface area is 294 Å². The van der Waals surface area contributed by atoms with Gasteiger partial charge in [-0.05, 0) is 67.4 Å². The van der Waals surface area contributed by atoms with Crippen LogP contribution in [0.5, 0.6) is 6.01 Å². The Kier molecular flexibility index (Phi) is 9.23. The van der Waals surface area contributed by atoms with E-state index in [9.17, 15) is 5.11 Å². The first-order valence-corrected chi connectivity index (χ1v) is 19.8. The maximum absolute atomic E-state index is 15.4. The summed E-state index contributed by atoms with van der Waals surface area (Å²) in [4.78, 5) is 17.9. The van der Waals surface area contributed by atoms with Gasteiger partial charge in [-0.15, -0.1) is 0 Å². The van der Waals surface area contributed by atoms with Crippen molar-refractivity contribution in [2.75, 3.05) is 37.7 Å². The van der Waals surface area contributed by atoms with Crippen molar-refractivity contribution in [1.82, 2.24) is 19.9 Å². The van der Waals surface area contributed by atoms with Crippen molar-refractivity contribution in [1.29, 1.82) is 0 Å². The summed E-state index contributed by atoms with van der Waals surface area (Å²) >= 11 is 6.10. The van der Waals surface area contributed by atoms with Gasteiger partial charge in [0.05, 0.1) is 23.1 Å². The molecule has 0 amide bonds. The van der Waals surface area contributed by atoms with E-state index < -0.39 is 19.7 Å². The van der Waals surface area contributed by atoms with Crippen LogP contribution in [0.2, 0.25) is 10.2 Å². The van der Waals surface area contributed by atoms with Crippen LogP contribution in [0.15, 0.2) is 66.9 Å². The van der Waals surface area contributed by atoms with Gasteiger partial charge in [-0.2, -0.15) is 9.97 Å². The van der Waals surface area contributed by atoms with Gasteiger partial charge < -0.3 is 19.2 Å². The predicted octanol–water partition coefficient (Wildman–Crippen LogP) is 6.12. The standard InChI is InChI=1S/C38H47ClFN5O3Si/c1-36(2,3)49(28-13-7-5-8-14-28,29-15-9-6-10-16-29)48-24-27-17-20-38(19-12-22-45(27)38)26-47-35-42-32-30(23-41-33(39)31(32)40)34(43-35)44-21-11-18-37(4,46)25-44/h5-10,13-16,23,27,46H,11-12,17-22,24-26H2,1-4H3/t27-,37+,38+/m0/s1. The second kappa shape index (κ2) is 13.2. The lowest BCUT2D eigenvalue weighted by molar-refractivity contribution is 0.0446. The van der Waals surface area contributed by atoms with Crippen molar-refractivity contribution in [2.24, 2.45) is 0 Å². The molecule has 0 unspecified atom stereocenters. The summed E-state index contributed by atoms with van der Waals surface area (Å²) in [6.45, 7) is 11.8. The zero-order valence-corrected chi connectivity index (χ0v) is 30.7. The van der Waals surface area contributed by atoms with Crippen LogP contribution in [-0.2, 0) is 4.43 Å². The molecule has 11 heteroatoms. The van der Waals surface area contributed by atoms with Crippen LogP contribution in [-0.4, -0.2) is 83.3 Å². The van der Waals surface area contributed by atoms with E-state index in [-0.39, 0.29) is 33.3 Å². The summed E-state index contributed by atoms with van der Waals surface area (Å²) in [6, 6.07) is 22.0. The number of aliphatic hydroxyl groups is 1. The van der Waals surface area contributed by atoms with Crippen LogP contribution in [0.25, 0.3) is 10.9 Å². The minimum absolute atomic E-state index is 0.0778. The molecule has 3 aliphatic rings. The van der Waals surface area contributed by atoms with E-state index in [1.165, 1.54) is 16.6 Å². The van der Waals surface area contributed by atoms with Gasteiger partial charge in [0.2, 0.25) is 0 Å². The number of β-amino-alcohol motifs (C(OH)–C–C–N with tert-alkyl or cyclic N) is 1. The van der Waals surface area contributed by atoms with Crippen LogP contribution in [0.1, 0.15) is 66.2 Å². The number of halogens is 2. The number of ether oxygens (including phenoxy) is 1. The number of hydrogen-bond donors (Lipinski definition) is 1. The van der Waals surface area contributed by atoms with E-state index in [0.717, 1.165) is 38.6 Å². The number of anilines is 1. The monoisotopic (exact) mass is 703 g/mol. The van der Waals surface area contributed by atoms with Gasteiger partial charge in [-0.1, -0.05) is 93.0 Å². The zero-order chi connectivity index (χ0) is 34.4. The molecular formula is C38H47ClFN5O3Si. The second-order valence-corrected chi connectivity index (χ2v) is 20.1. The van der Waals surface area contributed by atoms with E-state index >= 15 is 4.39 Å². The lowest BCUT2D eigenvalue weighted by Gasteiger charge is -2.44. The first-order chi connectivity index (χ1) is 23.4. The van der Waals surface area contributed by atoms with Gasteiger partial charge in [0.1, 0.15) is 17.9 Å². The van der Waals surface area contributed by atoms with E-state index in [0.29, 0.717) is 43.9 Å². The fourth-order valence-electron chi connectivity index (χ4n) is 8.68. The quantitative estimate of drug-likeness (QED) is 0.165. The normalized spacial score (nSPS) is 24.8. The van der Waals surface area contributed by atoms with Crippen LogP contribution in [0.3, 0.4) is 0 Å². The first kappa shape index (κ1) is 34.3. The highest BCUT2D eigenvalue weighted by molar-refractivity contribution is 6.99. The Hall–Kier alpha value is -3.15. The first-order valence-electron chi connectivity index (χ1n) is 17.6. The highest BCUT2D eigenvalue weighted by Crippen LogP contribution is 2.44. The molecular weight excluding hydrogens is 657 g/mol. The minimum Gasteiger partial charge on any atom is -0.461 e. The summed E-state index contributed by atoms with van der Waals surface area (Å²) in [6.07, 6.45) is 7.03. The van der Waals surface area contributed by atoms with Gasteiger partial charge in [0.25, 0.3) is 8.32 Å². The van der Waals surface area contributed by atoms with E-state index in [2.05, 4.69) is 96.3 Å². The van der Waals surface area contributed by atoms with Crippen LogP contribution >= 0.6 is 11.6 Å². The van der Waals surface area contributed by atoms with E-state index in [4.69, 9.17) is 25.7 Å². The number of hydrogen-bond acceptors (Lipinski definition) is 8. The largest absolute Gasteiger partial charge is 0.461 e. The highest BCUT2D eigenvalue weighted by atomic mass is 35.5. The molecule has 4 aromatic rings. The Balaban J connectivity index is 1.15. The number of piperidine rings is 1. The van der Waals surface area contributed by atoms with Crippen molar-refractivity contribution >= 4 is 47.0 Å². The van der Waals surface area contributed by atoms with Crippen LogP contribution in [0, 0.1) is 5.82 Å². The fraction of sp³-hybridized carbons (Fsp3) is 0.500. The smallest absolute Gasteiger partial charge is 0.319 e. The number of fused-ring (bicyclic) bond motifs is 2. The summed E-state index contributed by atoms with van der Waals surface area (Å²) in [7, 11) is -2.68. The number of pyridine rings is 1. The highest BCUT2D eigenvalue weighted by Gasteiger charge is 2.53. The van der Waals surface area contributed by atoms with Crippen molar-refractivity contribution < 1.29 is 18.7 Å². The van der Waals surface area contributed by atoms with Crippen molar-refractivity contribution in [3.8, 4) is 6.01 Å². The molecule has 0 radical (unpaired) electrons. The molecule has 49 heavy (non-hydrogen) atoms.